The highest BCUT2D eigenvalue weighted by Gasteiger charge is 2.67. The fourth-order valence-electron chi connectivity index (χ4n) is 14.7. The van der Waals surface area contributed by atoms with Gasteiger partial charge in [0.05, 0.1) is 0 Å². The highest BCUT2D eigenvalue weighted by atomic mass is 15.1. The fraction of sp³-hybridized carbons (Fsp3) is 0.406. The van der Waals surface area contributed by atoms with E-state index in [9.17, 15) is 0 Å². The van der Waals surface area contributed by atoms with Crippen LogP contribution in [-0.4, -0.2) is 0 Å². The van der Waals surface area contributed by atoms with Gasteiger partial charge >= 0.3 is 0 Å². The Balaban J connectivity index is 1.05. The number of fused-ring (bicyclic) bond motifs is 3. The maximum atomic E-state index is 2.55. The molecular weight excluding hydrogens is 797 g/mol. The summed E-state index contributed by atoms with van der Waals surface area (Å²) < 4.78 is 0. The Kier molecular flexibility index (Phi) is 8.66. The molecule has 0 atom stereocenters. The lowest BCUT2D eigenvalue weighted by atomic mass is 9.54. The Morgan fingerprint density at radius 2 is 0.576 bits per heavy atom. The van der Waals surface area contributed by atoms with Crippen LogP contribution in [0.4, 0.5) is 34.1 Å². The number of para-hydroxylation sites is 2. The third-order valence-electron chi connectivity index (χ3n) is 20.8. The van der Waals surface area contributed by atoms with Gasteiger partial charge in [-0.15, -0.1) is 0 Å². The third-order valence-corrected chi connectivity index (χ3v) is 20.8. The lowest BCUT2D eigenvalue weighted by Gasteiger charge is -2.49. The molecule has 0 radical (unpaired) electrons. The molecule has 0 saturated heterocycles. The van der Waals surface area contributed by atoms with Crippen LogP contribution in [-0.2, 0) is 21.7 Å². The predicted molar refractivity (Wildman–Crippen MR) is 284 cm³/mol. The van der Waals surface area contributed by atoms with Crippen molar-refractivity contribution in [1.29, 1.82) is 0 Å². The molecule has 0 spiro atoms. The van der Waals surface area contributed by atoms with Gasteiger partial charge in [-0.05, 0) is 183 Å². The Bertz CT molecular complexity index is 2840. The van der Waals surface area contributed by atoms with Crippen LogP contribution in [0.3, 0.4) is 0 Å². The smallest absolute Gasteiger partial charge is 0.0468 e. The van der Waals surface area contributed by atoms with Crippen molar-refractivity contribution < 1.29 is 0 Å². The standard InChI is InChI=1S/C64H72N2/c1-57(2)49-35-45(36-50-53(49)55(61(57,9)10)62(11,12)58(50,3)4)65(41-23-19-17-20-24-41)43-29-31-47-39(33-43)27-28-40-34-44(30-32-48(40)47)66(42-25-21-18-22-26-42)46-37-51-54-52(38-46)60(7,8)64(15,16)56(54)63(13,14)59(51,5)6/h17-38,55-56H,1-16H3. The summed E-state index contributed by atoms with van der Waals surface area (Å²) in [5, 5.41) is 5.03. The summed E-state index contributed by atoms with van der Waals surface area (Å²) >= 11 is 0. The molecule has 66 heavy (non-hydrogen) atoms. The molecular formula is C64H72N2. The molecule has 0 fully saturated rings. The molecule has 11 rings (SSSR count). The zero-order valence-electron chi connectivity index (χ0n) is 42.8. The van der Waals surface area contributed by atoms with Crippen LogP contribution in [0.2, 0.25) is 0 Å². The van der Waals surface area contributed by atoms with E-state index in [1.54, 1.807) is 11.1 Å². The van der Waals surface area contributed by atoms with Crippen LogP contribution < -0.4 is 9.80 Å². The Morgan fingerprint density at radius 3 is 0.864 bits per heavy atom. The molecule has 338 valence electrons. The first kappa shape index (κ1) is 43.2. The molecule has 0 aromatic heterocycles. The highest BCUT2D eigenvalue weighted by molar-refractivity contribution is 6.10. The minimum atomic E-state index is 0.0207. The molecule has 0 aliphatic heterocycles. The number of anilines is 6. The molecule has 0 unspecified atom stereocenters. The minimum Gasteiger partial charge on any atom is -0.310 e. The first-order chi connectivity index (χ1) is 30.8. The van der Waals surface area contributed by atoms with Crippen LogP contribution in [0.1, 0.15) is 156 Å². The second-order valence-electron chi connectivity index (χ2n) is 25.4. The van der Waals surface area contributed by atoms with Crippen molar-refractivity contribution in [1.82, 2.24) is 0 Å². The minimum absolute atomic E-state index is 0.0207. The average molecular weight is 869 g/mol. The number of rotatable bonds is 6. The lowest BCUT2D eigenvalue weighted by molar-refractivity contribution is 0.0633. The van der Waals surface area contributed by atoms with Crippen LogP contribution in [0, 0.1) is 21.7 Å². The SMILES string of the molecule is CC1(C)c2cc(N(c3ccccc3)c3ccc4c(ccc5cc(N(c6ccccc6)c6cc7c8c(c6)C(C)(C)C(C)(C)C8C(C)(C)C7(C)C)ccc54)c3)cc3c2C(C1(C)C)C(C)(C)C3(C)C. The number of hydrogen-bond acceptors (Lipinski definition) is 2. The van der Waals surface area contributed by atoms with Gasteiger partial charge in [0.1, 0.15) is 0 Å². The molecule has 0 N–H and O–H groups in total. The largest absolute Gasteiger partial charge is 0.310 e. The third kappa shape index (κ3) is 5.20. The zero-order valence-corrected chi connectivity index (χ0v) is 42.8. The van der Waals surface area contributed by atoms with Gasteiger partial charge in [-0.25, -0.2) is 0 Å². The van der Waals surface area contributed by atoms with Gasteiger partial charge in [-0.3, -0.25) is 0 Å². The summed E-state index contributed by atoms with van der Waals surface area (Å²) in [6, 6.07) is 51.2. The summed E-state index contributed by atoms with van der Waals surface area (Å²) in [6.07, 6.45) is 0. The molecule has 0 saturated carbocycles. The van der Waals surface area contributed by atoms with E-state index in [2.05, 4.69) is 254 Å². The van der Waals surface area contributed by atoms with Gasteiger partial charge in [0.2, 0.25) is 0 Å². The number of benzene rings is 7. The van der Waals surface area contributed by atoms with Crippen LogP contribution in [0.5, 0.6) is 0 Å². The Hall–Kier alpha value is -5.34. The first-order valence-corrected chi connectivity index (χ1v) is 24.8. The lowest BCUT2D eigenvalue weighted by Crippen LogP contribution is -2.44. The van der Waals surface area contributed by atoms with Crippen molar-refractivity contribution >= 4 is 55.7 Å². The molecule has 4 aliphatic rings. The van der Waals surface area contributed by atoms with Crippen molar-refractivity contribution in [2.24, 2.45) is 21.7 Å². The summed E-state index contributed by atoms with van der Waals surface area (Å²) in [7, 11) is 0. The van der Waals surface area contributed by atoms with Crippen molar-refractivity contribution in [3.8, 4) is 0 Å². The Morgan fingerprint density at radius 1 is 0.288 bits per heavy atom. The van der Waals surface area contributed by atoms with Crippen LogP contribution in [0.25, 0.3) is 21.5 Å². The van der Waals surface area contributed by atoms with Crippen molar-refractivity contribution in [3.63, 3.8) is 0 Å². The molecule has 0 amide bonds. The second-order valence-corrected chi connectivity index (χ2v) is 25.4. The van der Waals surface area contributed by atoms with E-state index in [4.69, 9.17) is 0 Å². The van der Waals surface area contributed by atoms with Gasteiger partial charge in [0.25, 0.3) is 0 Å². The molecule has 7 aromatic carbocycles. The molecule has 2 nitrogen and oxygen atoms in total. The molecule has 7 aromatic rings. The van der Waals surface area contributed by atoms with E-state index in [-0.39, 0.29) is 43.3 Å². The van der Waals surface area contributed by atoms with Crippen molar-refractivity contribution in [2.45, 2.75) is 144 Å². The van der Waals surface area contributed by atoms with E-state index in [0.717, 1.165) is 0 Å². The number of nitrogens with zero attached hydrogens (tertiary/aromatic N) is 2. The van der Waals surface area contributed by atoms with E-state index >= 15 is 0 Å². The van der Waals surface area contributed by atoms with Gasteiger partial charge in [-0.1, -0.05) is 171 Å². The van der Waals surface area contributed by atoms with E-state index in [1.807, 2.05) is 0 Å². The van der Waals surface area contributed by atoms with Crippen LogP contribution in [0.15, 0.2) is 133 Å². The van der Waals surface area contributed by atoms with Gasteiger partial charge in [0.15, 0.2) is 0 Å². The second kappa shape index (κ2) is 13.2. The van der Waals surface area contributed by atoms with Gasteiger partial charge in [0, 0.05) is 34.1 Å². The predicted octanol–water partition coefficient (Wildman–Crippen LogP) is 18.4. The topological polar surface area (TPSA) is 6.48 Å². The van der Waals surface area contributed by atoms with Crippen molar-refractivity contribution in [2.75, 3.05) is 9.80 Å². The summed E-state index contributed by atoms with van der Waals surface area (Å²) in [5.74, 6) is 0.994. The molecule has 4 aliphatic carbocycles. The van der Waals surface area contributed by atoms with Gasteiger partial charge in [-0.2, -0.15) is 0 Å². The van der Waals surface area contributed by atoms with E-state index < -0.39 is 0 Å². The maximum absolute atomic E-state index is 2.55. The van der Waals surface area contributed by atoms with E-state index in [1.165, 1.54) is 77.9 Å². The fourth-order valence-corrected chi connectivity index (χ4v) is 14.7. The molecule has 0 heterocycles. The maximum Gasteiger partial charge on any atom is 0.0468 e. The molecule has 0 bridgehead atoms. The number of hydrogen-bond donors (Lipinski definition) is 0. The summed E-state index contributed by atoms with van der Waals surface area (Å²) in [6.45, 7) is 40.1. The van der Waals surface area contributed by atoms with Gasteiger partial charge < -0.3 is 9.80 Å². The highest BCUT2D eigenvalue weighted by Crippen LogP contribution is 2.75. The summed E-state index contributed by atoms with van der Waals surface area (Å²) in [5.41, 5.74) is 17.0. The van der Waals surface area contributed by atoms with Crippen molar-refractivity contribution in [3.05, 3.63) is 167 Å². The Labute approximate surface area is 396 Å². The monoisotopic (exact) mass is 869 g/mol. The molecule has 2 heteroatoms. The summed E-state index contributed by atoms with van der Waals surface area (Å²) in [4.78, 5) is 5.02. The van der Waals surface area contributed by atoms with Crippen LogP contribution >= 0.6 is 0 Å². The quantitative estimate of drug-likeness (QED) is 0.154. The first-order valence-electron chi connectivity index (χ1n) is 24.8. The van der Waals surface area contributed by atoms with E-state index in [0.29, 0.717) is 11.8 Å². The normalized spacial score (nSPS) is 21.6. The zero-order chi connectivity index (χ0) is 47.1. The average Bonchev–Trinajstić information content (AvgIpc) is 3.70.